The van der Waals surface area contributed by atoms with Crippen LogP contribution in [0.4, 0.5) is 0 Å². The topological polar surface area (TPSA) is 61.8 Å². The summed E-state index contributed by atoms with van der Waals surface area (Å²) in [5.74, 6) is 0. The Kier molecular flexibility index (Phi) is 9.36. The van der Waals surface area contributed by atoms with Crippen molar-refractivity contribution in [3.8, 4) is 0 Å². The average molecular weight is 489 g/mol. The highest BCUT2D eigenvalue weighted by Crippen LogP contribution is 2.38. The molecule has 0 N–H and O–H groups in total. The van der Waals surface area contributed by atoms with E-state index >= 15 is 0 Å². The van der Waals surface area contributed by atoms with E-state index in [0.29, 0.717) is 13.0 Å². The maximum absolute atomic E-state index is 12.9. The molecule has 8 heteroatoms. The van der Waals surface area contributed by atoms with Gasteiger partial charge in [0.1, 0.15) is 6.10 Å². The second-order valence-corrected chi connectivity index (χ2v) is 22.6. The molecule has 180 valence electrons. The summed E-state index contributed by atoms with van der Waals surface area (Å²) < 4.78 is 44.1. The van der Waals surface area contributed by atoms with Crippen LogP contribution in [-0.2, 0) is 23.2 Å². The van der Waals surface area contributed by atoms with Gasteiger partial charge in [0.05, 0.1) is 11.5 Å². The molecule has 0 unspecified atom stereocenters. The van der Waals surface area contributed by atoms with E-state index in [0.717, 1.165) is 5.56 Å². The van der Waals surface area contributed by atoms with Gasteiger partial charge in [0.2, 0.25) is 0 Å². The minimum Gasteiger partial charge on any atom is -0.417 e. The van der Waals surface area contributed by atoms with Crippen molar-refractivity contribution in [3.05, 3.63) is 29.8 Å². The molecular formula is C23H44O5SSi2. The van der Waals surface area contributed by atoms with Crippen LogP contribution in [-0.4, -0.2) is 44.4 Å². The fraction of sp³-hybridized carbons (Fsp3) is 0.739. The lowest BCUT2D eigenvalue weighted by molar-refractivity contribution is 0.101. The highest BCUT2D eigenvalue weighted by Gasteiger charge is 2.39. The fourth-order valence-electron chi connectivity index (χ4n) is 2.28. The van der Waals surface area contributed by atoms with Crippen LogP contribution in [0.15, 0.2) is 29.2 Å². The minimum absolute atomic E-state index is 0.0328. The van der Waals surface area contributed by atoms with Crippen molar-refractivity contribution < 1.29 is 21.5 Å². The lowest BCUT2D eigenvalue weighted by Gasteiger charge is -2.38. The van der Waals surface area contributed by atoms with E-state index in [-0.39, 0.29) is 21.6 Å². The molecule has 1 aromatic rings. The predicted octanol–water partition coefficient (Wildman–Crippen LogP) is 6.50. The number of hydrogen-bond acceptors (Lipinski definition) is 5. The highest BCUT2D eigenvalue weighted by atomic mass is 32.2. The second kappa shape index (κ2) is 10.2. The summed E-state index contributed by atoms with van der Waals surface area (Å²) in [6.07, 6.45) is -0.128. The average Bonchev–Trinajstić information content (AvgIpc) is 2.57. The van der Waals surface area contributed by atoms with E-state index < -0.39 is 32.9 Å². The van der Waals surface area contributed by atoms with E-state index in [1.54, 1.807) is 24.3 Å². The summed E-state index contributed by atoms with van der Waals surface area (Å²) in [7, 11) is -7.85. The van der Waals surface area contributed by atoms with Crippen molar-refractivity contribution in [1.82, 2.24) is 0 Å². The summed E-state index contributed by atoms with van der Waals surface area (Å²) in [6.45, 7) is 24.4. The van der Waals surface area contributed by atoms with E-state index in [1.807, 2.05) is 6.92 Å². The minimum atomic E-state index is -3.88. The van der Waals surface area contributed by atoms with Gasteiger partial charge in [-0.2, -0.15) is 8.42 Å². The van der Waals surface area contributed by atoms with Crippen molar-refractivity contribution in [3.63, 3.8) is 0 Å². The van der Waals surface area contributed by atoms with Crippen LogP contribution >= 0.6 is 0 Å². The molecule has 31 heavy (non-hydrogen) atoms. The normalized spacial score (nSPS) is 15.2. The molecule has 0 saturated heterocycles. The van der Waals surface area contributed by atoms with E-state index in [4.69, 9.17) is 13.0 Å². The van der Waals surface area contributed by atoms with Gasteiger partial charge in [0, 0.05) is 6.61 Å². The molecule has 0 fully saturated rings. The largest absolute Gasteiger partial charge is 0.417 e. The Labute approximate surface area is 193 Å². The molecule has 1 aromatic carbocycles. The van der Waals surface area contributed by atoms with Gasteiger partial charge in [-0.25, -0.2) is 0 Å². The van der Waals surface area contributed by atoms with Gasteiger partial charge < -0.3 is 8.85 Å². The van der Waals surface area contributed by atoms with Gasteiger partial charge in [-0.05, 0) is 61.7 Å². The zero-order valence-electron chi connectivity index (χ0n) is 21.5. The predicted molar refractivity (Wildman–Crippen MR) is 134 cm³/mol. The van der Waals surface area contributed by atoms with Crippen LogP contribution < -0.4 is 0 Å². The highest BCUT2D eigenvalue weighted by molar-refractivity contribution is 7.86. The molecule has 0 bridgehead atoms. The van der Waals surface area contributed by atoms with Crippen molar-refractivity contribution in [2.45, 2.75) is 102 Å². The monoisotopic (exact) mass is 488 g/mol. The van der Waals surface area contributed by atoms with Crippen LogP contribution in [0.1, 0.15) is 53.5 Å². The van der Waals surface area contributed by atoms with Crippen molar-refractivity contribution in [2.24, 2.45) is 0 Å². The van der Waals surface area contributed by atoms with Crippen LogP contribution in [0, 0.1) is 6.92 Å². The Morgan fingerprint density at radius 3 is 1.74 bits per heavy atom. The van der Waals surface area contributed by atoms with Crippen molar-refractivity contribution in [1.29, 1.82) is 0 Å². The smallest absolute Gasteiger partial charge is 0.297 e. The van der Waals surface area contributed by atoms with Crippen molar-refractivity contribution in [2.75, 3.05) is 13.2 Å². The third-order valence-corrected chi connectivity index (χ3v) is 17.1. The van der Waals surface area contributed by atoms with Crippen LogP contribution in [0.5, 0.6) is 0 Å². The lowest BCUT2D eigenvalue weighted by Crippen LogP contribution is -2.44. The molecule has 0 aliphatic carbocycles. The first-order valence-electron chi connectivity index (χ1n) is 11.1. The van der Waals surface area contributed by atoms with E-state index in [9.17, 15) is 8.42 Å². The summed E-state index contributed by atoms with van der Waals surface area (Å²) >= 11 is 0. The zero-order valence-corrected chi connectivity index (χ0v) is 24.3. The van der Waals surface area contributed by atoms with Gasteiger partial charge in [-0.15, -0.1) is 0 Å². The first-order chi connectivity index (χ1) is 13.8. The Hall–Kier alpha value is -0.516. The fourth-order valence-corrected chi connectivity index (χ4v) is 5.47. The molecule has 0 aliphatic heterocycles. The molecule has 0 aliphatic rings. The summed E-state index contributed by atoms with van der Waals surface area (Å²) in [5, 5.41) is 0.125. The molecule has 0 amide bonds. The van der Waals surface area contributed by atoms with Crippen LogP contribution in [0.25, 0.3) is 0 Å². The summed E-state index contributed by atoms with van der Waals surface area (Å²) in [6, 6.07) is 6.72. The number of aryl methyl sites for hydroxylation is 1. The third kappa shape index (κ3) is 8.40. The molecule has 0 radical (unpaired) electrons. The van der Waals surface area contributed by atoms with Crippen LogP contribution in [0.3, 0.4) is 0 Å². The number of hydrogen-bond donors (Lipinski definition) is 0. The molecule has 5 nitrogen and oxygen atoms in total. The maximum atomic E-state index is 12.9. The van der Waals surface area contributed by atoms with Gasteiger partial charge in [-0.3, -0.25) is 4.18 Å². The quantitative estimate of drug-likeness (QED) is 0.278. The van der Waals surface area contributed by atoms with E-state index in [2.05, 4.69) is 67.7 Å². The second-order valence-electron chi connectivity index (χ2n) is 11.5. The molecule has 1 rings (SSSR count). The lowest BCUT2D eigenvalue weighted by atomic mass is 10.2. The molecule has 0 aromatic heterocycles. The van der Waals surface area contributed by atoms with Gasteiger partial charge in [0.25, 0.3) is 10.1 Å². The Balaban J connectivity index is 2.98. The molecular weight excluding hydrogens is 444 g/mol. The first kappa shape index (κ1) is 28.5. The van der Waals surface area contributed by atoms with Gasteiger partial charge in [-0.1, -0.05) is 59.2 Å². The Morgan fingerprint density at radius 1 is 0.839 bits per heavy atom. The summed E-state index contributed by atoms with van der Waals surface area (Å²) in [5.41, 5.74) is 1.000. The number of rotatable bonds is 10. The Bertz CT molecular complexity index is 804. The standard InChI is InChI=1S/C23H44O5SSi2/c1-19-12-14-21(15-13-19)29(24,25)28-20(18-27-31(10,11)23(5,6)7)16-17-26-30(8,9)22(2,3)4/h12-15,20H,16-18H2,1-11H3/t20-/m0/s1. The molecule has 1 atom stereocenters. The molecule has 0 saturated carbocycles. The first-order valence-corrected chi connectivity index (χ1v) is 18.3. The van der Waals surface area contributed by atoms with Crippen molar-refractivity contribution >= 4 is 26.8 Å². The maximum Gasteiger partial charge on any atom is 0.297 e. The SMILES string of the molecule is Cc1ccc(S(=O)(=O)O[C@@H](CCO[Si](C)(C)C(C)(C)C)CO[Si](C)(C)C(C)(C)C)cc1. The van der Waals surface area contributed by atoms with Gasteiger partial charge in [0.15, 0.2) is 16.6 Å². The summed E-state index contributed by atoms with van der Waals surface area (Å²) in [4.78, 5) is 0.167. The van der Waals surface area contributed by atoms with E-state index in [1.165, 1.54) is 0 Å². The Morgan fingerprint density at radius 2 is 1.29 bits per heavy atom. The van der Waals surface area contributed by atoms with Crippen LogP contribution in [0.2, 0.25) is 36.3 Å². The third-order valence-electron chi connectivity index (χ3n) is 6.72. The molecule has 0 heterocycles. The van der Waals surface area contributed by atoms with Gasteiger partial charge >= 0.3 is 0 Å². The number of benzene rings is 1. The molecule has 0 spiro atoms. The zero-order chi connectivity index (χ0) is 24.3.